The van der Waals surface area contributed by atoms with Gasteiger partial charge in [0.2, 0.25) is 0 Å². The van der Waals surface area contributed by atoms with Crippen LogP contribution in [0.1, 0.15) is 0 Å². The van der Waals surface area contributed by atoms with Crippen LogP contribution in [-0.4, -0.2) is 54.8 Å². The van der Waals surface area contributed by atoms with Crippen molar-refractivity contribution in [1.29, 1.82) is 0 Å². The number of aliphatic hydroxyl groups is 1. The highest BCUT2D eigenvalue weighted by atomic mass is 32.2. The average Bonchev–Trinajstić information content (AvgIpc) is 2.00. The van der Waals surface area contributed by atoms with E-state index in [0.717, 1.165) is 12.3 Å². The van der Waals surface area contributed by atoms with Crippen molar-refractivity contribution in [3.05, 3.63) is 0 Å². The molecule has 0 heterocycles. The maximum absolute atomic E-state index is 9.15. The van der Waals surface area contributed by atoms with Crippen LogP contribution in [0.25, 0.3) is 0 Å². The van der Waals surface area contributed by atoms with Crippen LogP contribution in [0.4, 0.5) is 0 Å². The van der Waals surface area contributed by atoms with Crippen LogP contribution in [0.5, 0.6) is 0 Å². The van der Waals surface area contributed by atoms with Crippen molar-refractivity contribution in [2.75, 3.05) is 38.7 Å². The molecule has 0 aliphatic rings. The van der Waals surface area contributed by atoms with Crippen molar-refractivity contribution in [2.24, 2.45) is 5.73 Å². The van der Waals surface area contributed by atoms with E-state index in [-0.39, 0.29) is 6.10 Å². The minimum Gasteiger partial charge on any atom is -0.390 e. The molecule has 0 rings (SSSR count). The van der Waals surface area contributed by atoms with Crippen molar-refractivity contribution in [3.8, 4) is 0 Å². The molecule has 0 amide bonds. The first-order valence-corrected chi connectivity index (χ1v) is 5.15. The van der Waals surface area contributed by atoms with Crippen LogP contribution < -0.4 is 5.73 Å². The number of rotatable bonds is 6. The maximum Gasteiger partial charge on any atom is 0.0788 e. The van der Waals surface area contributed by atoms with Crippen molar-refractivity contribution in [3.63, 3.8) is 0 Å². The summed E-state index contributed by atoms with van der Waals surface area (Å²) < 4.78 is 0. The molecule has 0 aromatic rings. The molecule has 0 spiro atoms. The molecule has 0 saturated carbocycles. The van der Waals surface area contributed by atoms with E-state index in [1.807, 2.05) is 18.8 Å². The van der Waals surface area contributed by atoms with Crippen LogP contribution >= 0.6 is 11.8 Å². The fraction of sp³-hybridized carbons (Fsp3) is 1.00. The van der Waals surface area contributed by atoms with Gasteiger partial charge in [-0.15, -0.1) is 0 Å². The largest absolute Gasteiger partial charge is 0.390 e. The lowest BCUT2D eigenvalue weighted by Crippen LogP contribution is -2.35. The van der Waals surface area contributed by atoms with E-state index in [0.29, 0.717) is 13.1 Å². The zero-order valence-electron chi connectivity index (χ0n) is 7.29. The second-order valence-corrected chi connectivity index (χ2v) is 3.63. The number of hydrogen-bond acceptors (Lipinski definition) is 4. The van der Waals surface area contributed by atoms with E-state index in [1.165, 1.54) is 0 Å². The van der Waals surface area contributed by atoms with Crippen LogP contribution in [0.3, 0.4) is 0 Å². The standard InChI is InChI=1S/C7H18N2OS/c1-9(3-4-11-2)6-7(10)5-8/h7,10H,3-6,8H2,1-2H3. The summed E-state index contributed by atoms with van der Waals surface area (Å²) in [5.74, 6) is 1.10. The van der Waals surface area contributed by atoms with E-state index in [2.05, 4.69) is 11.2 Å². The molecule has 0 aliphatic carbocycles. The molecule has 11 heavy (non-hydrogen) atoms. The lowest BCUT2D eigenvalue weighted by molar-refractivity contribution is 0.135. The molecule has 0 aromatic carbocycles. The molecule has 3 N–H and O–H groups in total. The smallest absolute Gasteiger partial charge is 0.0788 e. The molecule has 0 fully saturated rings. The van der Waals surface area contributed by atoms with Crippen molar-refractivity contribution >= 4 is 11.8 Å². The molecular weight excluding hydrogens is 160 g/mol. The third kappa shape index (κ3) is 6.62. The number of thioether (sulfide) groups is 1. The third-order valence-electron chi connectivity index (χ3n) is 1.47. The number of aliphatic hydroxyl groups excluding tert-OH is 1. The summed E-state index contributed by atoms with van der Waals surface area (Å²) in [5.41, 5.74) is 5.27. The van der Waals surface area contributed by atoms with Gasteiger partial charge in [-0.2, -0.15) is 11.8 Å². The van der Waals surface area contributed by atoms with E-state index in [9.17, 15) is 0 Å². The number of likely N-dealkylation sites (N-methyl/N-ethyl adjacent to an activating group) is 1. The van der Waals surface area contributed by atoms with E-state index < -0.39 is 0 Å². The zero-order valence-corrected chi connectivity index (χ0v) is 8.10. The van der Waals surface area contributed by atoms with Gasteiger partial charge in [0.05, 0.1) is 6.10 Å². The first-order chi connectivity index (χ1) is 5.20. The van der Waals surface area contributed by atoms with Gasteiger partial charge in [0.1, 0.15) is 0 Å². The quantitative estimate of drug-likeness (QED) is 0.581. The van der Waals surface area contributed by atoms with Gasteiger partial charge >= 0.3 is 0 Å². The lowest BCUT2D eigenvalue weighted by Gasteiger charge is -2.18. The predicted molar refractivity (Wildman–Crippen MR) is 50.9 cm³/mol. The van der Waals surface area contributed by atoms with Gasteiger partial charge in [0, 0.05) is 25.4 Å². The zero-order chi connectivity index (χ0) is 8.69. The SMILES string of the molecule is CSCCN(C)CC(O)CN. The normalized spacial score (nSPS) is 13.9. The highest BCUT2D eigenvalue weighted by molar-refractivity contribution is 7.98. The monoisotopic (exact) mass is 178 g/mol. The van der Waals surface area contributed by atoms with Crippen molar-refractivity contribution in [2.45, 2.75) is 6.10 Å². The fourth-order valence-electron chi connectivity index (χ4n) is 0.773. The molecule has 1 atom stereocenters. The Morgan fingerprint density at radius 3 is 2.73 bits per heavy atom. The second-order valence-electron chi connectivity index (χ2n) is 2.64. The van der Waals surface area contributed by atoms with Gasteiger partial charge in [0.15, 0.2) is 0 Å². The minimum absolute atomic E-state index is 0.351. The summed E-state index contributed by atoms with van der Waals surface area (Å²) in [6.07, 6.45) is 1.70. The molecule has 4 heteroatoms. The summed E-state index contributed by atoms with van der Waals surface area (Å²) >= 11 is 1.81. The summed E-state index contributed by atoms with van der Waals surface area (Å²) in [6, 6.07) is 0. The molecule has 0 aliphatic heterocycles. The molecule has 0 aromatic heterocycles. The number of nitrogens with zero attached hydrogens (tertiary/aromatic N) is 1. The first-order valence-electron chi connectivity index (χ1n) is 3.76. The Balaban J connectivity index is 3.27. The van der Waals surface area contributed by atoms with Crippen LogP contribution in [0.2, 0.25) is 0 Å². The third-order valence-corrected chi connectivity index (χ3v) is 2.06. The van der Waals surface area contributed by atoms with Gasteiger partial charge < -0.3 is 15.7 Å². The van der Waals surface area contributed by atoms with Gasteiger partial charge in [0.25, 0.3) is 0 Å². The van der Waals surface area contributed by atoms with Gasteiger partial charge in [-0.25, -0.2) is 0 Å². The number of nitrogens with two attached hydrogens (primary N) is 1. The van der Waals surface area contributed by atoms with E-state index >= 15 is 0 Å². The van der Waals surface area contributed by atoms with E-state index in [4.69, 9.17) is 10.8 Å². The number of hydrogen-bond donors (Lipinski definition) is 2. The molecule has 0 bridgehead atoms. The lowest BCUT2D eigenvalue weighted by atomic mass is 10.3. The Kier molecular flexibility index (Phi) is 7.06. The highest BCUT2D eigenvalue weighted by Gasteiger charge is 2.04. The maximum atomic E-state index is 9.15. The summed E-state index contributed by atoms with van der Waals surface area (Å²) in [5, 5.41) is 9.15. The van der Waals surface area contributed by atoms with Gasteiger partial charge in [-0.3, -0.25) is 0 Å². The summed E-state index contributed by atoms with van der Waals surface area (Å²) in [4.78, 5) is 2.09. The Bertz CT molecular complexity index is 92.5. The van der Waals surface area contributed by atoms with Crippen LogP contribution in [-0.2, 0) is 0 Å². The minimum atomic E-state index is -0.373. The first kappa shape index (κ1) is 11.2. The Morgan fingerprint density at radius 2 is 2.27 bits per heavy atom. The van der Waals surface area contributed by atoms with Gasteiger partial charge in [-0.05, 0) is 13.3 Å². The Morgan fingerprint density at radius 1 is 1.64 bits per heavy atom. The fourth-order valence-corrected chi connectivity index (χ4v) is 1.27. The van der Waals surface area contributed by atoms with Crippen LogP contribution in [0.15, 0.2) is 0 Å². The summed E-state index contributed by atoms with van der Waals surface area (Å²) in [7, 11) is 2.00. The molecule has 1 unspecified atom stereocenters. The van der Waals surface area contributed by atoms with Crippen LogP contribution in [0, 0.1) is 0 Å². The Hall–Kier alpha value is 0.230. The average molecular weight is 178 g/mol. The summed E-state index contributed by atoms with van der Waals surface area (Å²) in [6.45, 7) is 2.04. The van der Waals surface area contributed by atoms with Crippen molar-refractivity contribution in [1.82, 2.24) is 4.90 Å². The van der Waals surface area contributed by atoms with E-state index in [1.54, 1.807) is 0 Å². The van der Waals surface area contributed by atoms with Crippen molar-refractivity contribution < 1.29 is 5.11 Å². The molecule has 0 radical (unpaired) electrons. The second kappa shape index (κ2) is 6.91. The molecule has 3 nitrogen and oxygen atoms in total. The molecular formula is C7H18N2OS. The van der Waals surface area contributed by atoms with Gasteiger partial charge in [-0.1, -0.05) is 0 Å². The molecule has 68 valence electrons. The topological polar surface area (TPSA) is 49.5 Å². The highest BCUT2D eigenvalue weighted by Crippen LogP contribution is 1.94. The predicted octanol–water partition coefficient (Wildman–Crippen LogP) is -0.399. The Labute approximate surface area is 72.9 Å². The molecule has 0 saturated heterocycles.